The van der Waals surface area contributed by atoms with E-state index in [1.807, 2.05) is 0 Å². The predicted molar refractivity (Wildman–Crippen MR) is 55.0 cm³/mol. The van der Waals surface area contributed by atoms with E-state index in [1.165, 1.54) is 5.57 Å². The van der Waals surface area contributed by atoms with Crippen molar-refractivity contribution in [1.29, 1.82) is 0 Å². The summed E-state index contributed by atoms with van der Waals surface area (Å²) in [6, 6.07) is 0. The van der Waals surface area contributed by atoms with Crippen molar-refractivity contribution in [3.05, 3.63) is 11.6 Å². The Hall–Kier alpha value is -0.630. The van der Waals surface area contributed by atoms with Gasteiger partial charge in [0.25, 0.3) is 0 Å². The van der Waals surface area contributed by atoms with Crippen LogP contribution in [0.4, 0.5) is 0 Å². The van der Waals surface area contributed by atoms with Crippen LogP contribution in [0.25, 0.3) is 0 Å². The normalized spacial score (nSPS) is 40.0. The molecule has 0 spiro atoms. The number of aldehydes is 1. The molecule has 2 rings (SSSR count). The van der Waals surface area contributed by atoms with Gasteiger partial charge in [-0.25, -0.2) is 0 Å². The van der Waals surface area contributed by atoms with E-state index in [-0.39, 0.29) is 5.60 Å². The second kappa shape index (κ2) is 3.50. The molecule has 0 aromatic rings. The first-order valence-corrected chi connectivity index (χ1v) is 5.51. The summed E-state index contributed by atoms with van der Waals surface area (Å²) in [5.74, 6) is 1.15. The van der Waals surface area contributed by atoms with Gasteiger partial charge in [-0.15, -0.1) is 0 Å². The van der Waals surface area contributed by atoms with Crippen LogP contribution in [0.2, 0.25) is 0 Å². The Morgan fingerprint density at radius 3 is 3.14 bits per heavy atom. The van der Waals surface area contributed by atoms with Gasteiger partial charge in [0.15, 0.2) is 0 Å². The van der Waals surface area contributed by atoms with Crippen LogP contribution < -0.4 is 0 Å². The second-order valence-corrected chi connectivity index (χ2v) is 4.43. The van der Waals surface area contributed by atoms with Crippen molar-refractivity contribution in [3.8, 4) is 0 Å². The van der Waals surface area contributed by atoms with Gasteiger partial charge in [0.1, 0.15) is 6.29 Å². The largest absolute Gasteiger partial charge is 0.374 e. The van der Waals surface area contributed by atoms with Crippen LogP contribution in [0.5, 0.6) is 0 Å². The van der Waals surface area contributed by atoms with Gasteiger partial charge < -0.3 is 9.53 Å². The van der Waals surface area contributed by atoms with Gasteiger partial charge in [0.05, 0.1) is 5.60 Å². The van der Waals surface area contributed by atoms with Gasteiger partial charge in [-0.1, -0.05) is 18.6 Å². The monoisotopic (exact) mass is 194 g/mol. The molecule has 2 aliphatic carbocycles. The first-order chi connectivity index (χ1) is 6.74. The summed E-state index contributed by atoms with van der Waals surface area (Å²) in [6.45, 7) is 5.09. The predicted octanol–water partition coefficient (Wildman–Crippen LogP) is 2.34. The fourth-order valence-electron chi connectivity index (χ4n) is 2.81. The van der Waals surface area contributed by atoms with E-state index < -0.39 is 0 Å². The highest BCUT2D eigenvalue weighted by molar-refractivity contribution is 5.56. The third-order valence-corrected chi connectivity index (χ3v) is 3.70. The summed E-state index contributed by atoms with van der Waals surface area (Å²) in [5.41, 5.74) is 1.41. The van der Waals surface area contributed by atoms with Crippen molar-refractivity contribution in [2.75, 3.05) is 6.61 Å². The number of carbonyl (C=O) groups excluding carboxylic acids is 1. The fraction of sp³-hybridized carbons (Fsp3) is 0.750. The van der Waals surface area contributed by atoms with E-state index in [9.17, 15) is 4.79 Å². The number of ether oxygens (including phenoxy) is 1. The summed E-state index contributed by atoms with van der Waals surface area (Å²) in [7, 11) is 0. The first-order valence-electron chi connectivity index (χ1n) is 5.51. The minimum absolute atomic E-state index is 0.0991. The lowest BCUT2D eigenvalue weighted by Gasteiger charge is -2.28. The summed E-state index contributed by atoms with van der Waals surface area (Å²) in [4.78, 5) is 10.5. The Bertz CT molecular complexity index is 269. The number of hydrogen-bond donors (Lipinski definition) is 0. The molecule has 0 radical (unpaired) electrons. The van der Waals surface area contributed by atoms with Gasteiger partial charge in [-0.05, 0) is 25.7 Å². The molecule has 1 fully saturated rings. The van der Waals surface area contributed by atoms with E-state index in [2.05, 4.69) is 19.9 Å². The summed E-state index contributed by atoms with van der Waals surface area (Å²) in [5, 5.41) is 0. The lowest BCUT2D eigenvalue weighted by Crippen LogP contribution is -2.29. The van der Waals surface area contributed by atoms with Crippen LogP contribution in [0.3, 0.4) is 0 Å². The highest BCUT2D eigenvalue weighted by Crippen LogP contribution is 2.59. The van der Waals surface area contributed by atoms with Crippen molar-refractivity contribution in [1.82, 2.24) is 0 Å². The van der Waals surface area contributed by atoms with Crippen molar-refractivity contribution < 1.29 is 9.53 Å². The third kappa shape index (κ3) is 1.33. The van der Waals surface area contributed by atoms with E-state index in [0.29, 0.717) is 18.3 Å². The molecular weight excluding hydrogens is 176 g/mol. The molecule has 0 N–H and O–H groups in total. The Kier molecular flexibility index (Phi) is 2.48. The lowest BCUT2D eigenvalue weighted by molar-refractivity contribution is -0.107. The molecule has 1 saturated carbocycles. The van der Waals surface area contributed by atoms with Gasteiger partial charge in [-0.3, -0.25) is 0 Å². The standard InChI is InChI=1S/C12H18O2/c1-3-14-12-8-11(12)10(6-7-13)5-4-9(12)2/h5,7,9,11H,3-4,6,8H2,1-2H3. The van der Waals surface area contributed by atoms with Crippen LogP contribution in [-0.2, 0) is 9.53 Å². The highest BCUT2D eigenvalue weighted by Gasteiger charge is 2.61. The summed E-state index contributed by atoms with van der Waals surface area (Å²) in [6.07, 6.45) is 6.05. The summed E-state index contributed by atoms with van der Waals surface area (Å²) >= 11 is 0. The lowest BCUT2D eigenvalue weighted by atomic mass is 9.87. The maximum atomic E-state index is 10.5. The third-order valence-electron chi connectivity index (χ3n) is 3.70. The van der Waals surface area contributed by atoms with Crippen molar-refractivity contribution in [2.24, 2.45) is 11.8 Å². The molecule has 0 aliphatic heterocycles. The maximum Gasteiger partial charge on any atom is 0.124 e. The van der Waals surface area contributed by atoms with Crippen LogP contribution in [0.15, 0.2) is 11.6 Å². The van der Waals surface area contributed by atoms with Gasteiger partial charge >= 0.3 is 0 Å². The van der Waals surface area contributed by atoms with E-state index in [0.717, 1.165) is 25.7 Å². The molecule has 0 aromatic heterocycles. The first kappa shape index (κ1) is 9.91. The van der Waals surface area contributed by atoms with E-state index >= 15 is 0 Å². The Balaban J connectivity index is 2.11. The van der Waals surface area contributed by atoms with Crippen LogP contribution in [0.1, 0.15) is 33.1 Å². The maximum absolute atomic E-state index is 10.5. The molecular formula is C12H18O2. The van der Waals surface area contributed by atoms with E-state index in [4.69, 9.17) is 4.74 Å². The fourth-order valence-corrected chi connectivity index (χ4v) is 2.81. The SMILES string of the molecule is CCOC12CC1C(CC=O)=CCC2C. The molecule has 0 amide bonds. The van der Waals surface area contributed by atoms with Gasteiger partial charge in [0, 0.05) is 18.9 Å². The molecule has 78 valence electrons. The summed E-state index contributed by atoms with van der Waals surface area (Å²) < 4.78 is 5.88. The topological polar surface area (TPSA) is 26.3 Å². The molecule has 0 aromatic carbocycles. The number of rotatable bonds is 4. The second-order valence-electron chi connectivity index (χ2n) is 4.43. The number of hydrogen-bond acceptors (Lipinski definition) is 2. The Morgan fingerprint density at radius 1 is 1.71 bits per heavy atom. The molecule has 2 heteroatoms. The minimum atomic E-state index is 0.0991. The van der Waals surface area contributed by atoms with Crippen LogP contribution >= 0.6 is 0 Å². The number of fused-ring (bicyclic) bond motifs is 1. The Labute approximate surface area is 85.3 Å². The van der Waals surface area contributed by atoms with Gasteiger partial charge in [-0.2, -0.15) is 0 Å². The molecule has 0 saturated heterocycles. The average Bonchev–Trinajstić information content (AvgIpc) is 2.88. The number of carbonyl (C=O) groups is 1. The smallest absolute Gasteiger partial charge is 0.124 e. The molecule has 3 atom stereocenters. The molecule has 14 heavy (non-hydrogen) atoms. The van der Waals surface area contributed by atoms with Crippen molar-refractivity contribution in [2.45, 2.75) is 38.7 Å². The van der Waals surface area contributed by atoms with Gasteiger partial charge in [0.2, 0.25) is 0 Å². The van der Waals surface area contributed by atoms with Crippen molar-refractivity contribution in [3.63, 3.8) is 0 Å². The highest BCUT2D eigenvalue weighted by atomic mass is 16.5. The van der Waals surface area contributed by atoms with Crippen molar-refractivity contribution >= 4 is 6.29 Å². The zero-order chi connectivity index (χ0) is 10.2. The molecule has 2 nitrogen and oxygen atoms in total. The minimum Gasteiger partial charge on any atom is -0.374 e. The number of allylic oxidation sites excluding steroid dienone is 1. The Morgan fingerprint density at radius 2 is 2.50 bits per heavy atom. The molecule has 0 bridgehead atoms. The zero-order valence-electron chi connectivity index (χ0n) is 8.95. The van der Waals surface area contributed by atoms with Crippen LogP contribution in [0, 0.1) is 11.8 Å². The zero-order valence-corrected chi connectivity index (χ0v) is 8.95. The molecule has 0 heterocycles. The average molecular weight is 194 g/mol. The quantitative estimate of drug-likeness (QED) is 0.507. The van der Waals surface area contributed by atoms with Crippen LogP contribution in [-0.4, -0.2) is 18.5 Å². The molecule has 2 aliphatic rings. The van der Waals surface area contributed by atoms with E-state index in [1.54, 1.807) is 0 Å². The molecule has 3 unspecified atom stereocenters.